The first-order chi connectivity index (χ1) is 14.8. The molecule has 1 heterocycles. The van der Waals surface area contributed by atoms with E-state index in [9.17, 15) is 4.79 Å². The Bertz CT molecular complexity index is 1040. The summed E-state index contributed by atoms with van der Waals surface area (Å²) in [7, 11) is 1.58. The highest BCUT2D eigenvalue weighted by Crippen LogP contribution is 2.44. The SMILES string of the molecule is CCOc1ccc(N=C2NC(=O)C(=Cc3cc(OC)c(OC(C)C)c(Br)c3Br)S2)cc1. The molecule has 0 saturated carbocycles. The van der Waals surface area contributed by atoms with Crippen molar-refractivity contribution in [1.29, 1.82) is 0 Å². The summed E-state index contributed by atoms with van der Waals surface area (Å²) in [5.41, 5.74) is 1.51. The fourth-order valence-corrected chi connectivity index (χ4v) is 4.49. The molecule has 0 bridgehead atoms. The maximum Gasteiger partial charge on any atom is 0.264 e. The molecule has 1 saturated heterocycles. The third-order valence-electron chi connectivity index (χ3n) is 4.05. The van der Waals surface area contributed by atoms with Crippen molar-refractivity contribution in [2.45, 2.75) is 26.9 Å². The quantitative estimate of drug-likeness (QED) is 0.396. The minimum absolute atomic E-state index is 0.0150. The number of amidine groups is 1. The number of ether oxygens (including phenoxy) is 3. The van der Waals surface area contributed by atoms with Crippen molar-refractivity contribution in [2.24, 2.45) is 4.99 Å². The van der Waals surface area contributed by atoms with Crippen LogP contribution in [-0.4, -0.2) is 30.9 Å². The number of hydrogen-bond donors (Lipinski definition) is 1. The third kappa shape index (κ3) is 5.84. The number of nitrogens with one attached hydrogen (secondary N) is 1. The second-order valence-electron chi connectivity index (χ2n) is 6.70. The lowest BCUT2D eigenvalue weighted by molar-refractivity contribution is -0.115. The van der Waals surface area contributed by atoms with E-state index < -0.39 is 0 Å². The lowest BCUT2D eigenvalue weighted by Gasteiger charge is -2.17. The molecule has 9 heteroatoms. The normalized spacial score (nSPS) is 16.2. The first-order valence-corrected chi connectivity index (χ1v) is 12.0. The van der Waals surface area contributed by atoms with Gasteiger partial charge in [-0.15, -0.1) is 0 Å². The number of nitrogens with zero attached hydrogens (tertiary/aromatic N) is 1. The number of rotatable bonds is 7. The van der Waals surface area contributed by atoms with Crippen LogP contribution in [-0.2, 0) is 4.79 Å². The summed E-state index contributed by atoms with van der Waals surface area (Å²) in [5, 5.41) is 3.32. The fourth-order valence-electron chi connectivity index (χ4n) is 2.73. The van der Waals surface area contributed by atoms with Crippen LogP contribution in [0.1, 0.15) is 26.3 Å². The number of carbonyl (C=O) groups is 1. The zero-order valence-electron chi connectivity index (χ0n) is 17.5. The maximum atomic E-state index is 12.5. The standard InChI is InChI=1S/C22H22Br2N2O4S/c1-5-29-15-8-6-14(7-9-15)25-22-26-21(27)17(31-22)11-13-10-16(28-4)20(30-12(2)3)19(24)18(13)23/h6-12H,5H2,1-4H3,(H,25,26,27). The summed E-state index contributed by atoms with van der Waals surface area (Å²) >= 11 is 8.43. The summed E-state index contributed by atoms with van der Waals surface area (Å²) in [5.74, 6) is 1.75. The molecule has 1 amide bonds. The van der Waals surface area contributed by atoms with Gasteiger partial charge in [0.25, 0.3) is 5.91 Å². The molecule has 1 aliphatic heterocycles. The van der Waals surface area contributed by atoms with Gasteiger partial charge in [-0.1, -0.05) is 0 Å². The van der Waals surface area contributed by atoms with Crippen molar-refractivity contribution in [3.05, 3.63) is 49.7 Å². The van der Waals surface area contributed by atoms with Crippen LogP contribution in [0, 0.1) is 0 Å². The number of methoxy groups -OCH3 is 1. The van der Waals surface area contributed by atoms with E-state index in [1.165, 1.54) is 11.8 Å². The Balaban J connectivity index is 1.87. The van der Waals surface area contributed by atoms with Gasteiger partial charge in [0.1, 0.15) is 5.75 Å². The van der Waals surface area contributed by atoms with E-state index in [0.717, 1.165) is 25.9 Å². The summed E-state index contributed by atoms with van der Waals surface area (Å²) in [6, 6.07) is 9.22. The van der Waals surface area contributed by atoms with Gasteiger partial charge in [-0.3, -0.25) is 4.79 Å². The predicted molar refractivity (Wildman–Crippen MR) is 133 cm³/mol. The van der Waals surface area contributed by atoms with Gasteiger partial charge in [-0.2, -0.15) is 0 Å². The molecule has 0 unspecified atom stereocenters. The predicted octanol–water partition coefficient (Wildman–Crippen LogP) is 6.30. The Morgan fingerprint density at radius 3 is 2.52 bits per heavy atom. The van der Waals surface area contributed by atoms with E-state index in [1.807, 2.05) is 51.1 Å². The van der Waals surface area contributed by atoms with Gasteiger partial charge in [0.05, 0.1) is 34.9 Å². The van der Waals surface area contributed by atoms with Crippen LogP contribution in [0.25, 0.3) is 6.08 Å². The van der Waals surface area contributed by atoms with Crippen molar-refractivity contribution in [3.63, 3.8) is 0 Å². The summed E-state index contributed by atoms with van der Waals surface area (Å²) in [6.45, 7) is 6.43. The van der Waals surface area contributed by atoms with Crippen molar-refractivity contribution in [1.82, 2.24) is 5.32 Å². The zero-order chi connectivity index (χ0) is 22.5. The van der Waals surface area contributed by atoms with Crippen molar-refractivity contribution in [3.8, 4) is 17.2 Å². The molecule has 6 nitrogen and oxygen atoms in total. The molecule has 0 atom stereocenters. The monoisotopic (exact) mass is 568 g/mol. The summed E-state index contributed by atoms with van der Waals surface area (Å²) < 4.78 is 18.3. The third-order valence-corrected chi connectivity index (χ3v) is 7.10. The van der Waals surface area contributed by atoms with Crippen molar-refractivity contribution < 1.29 is 19.0 Å². The van der Waals surface area contributed by atoms with Crippen molar-refractivity contribution in [2.75, 3.05) is 13.7 Å². The molecular formula is C22H22Br2N2O4S. The Labute approximate surface area is 202 Å². The average Bonchev–Trinajstić information content (AvgIpc) is 3.07. The van der Waals surface area contributed by atoms with Gasteiger partial charge in [0, 0.05) is 4.47 Å². The number of benzene rings is 2. The molecule has 2 aromatic rings. The first-order valence-electron chi connectivity index (χ1n) is 9.57. The number of halogens is 2. The highest BCUT2D eigenvalue weighted by Gasteiger charge is 2.25. The second kappa shape index (κ2) is 10.6. The number of carbonyl (C=O) groups excluding carboxylic acids is 1. The van der Waals surface area contributed by atoms with Gasteiger partial charge in [0.2, 0.25) is 0 Å². The molecule has 0 aliphatic carbocycles. The molecule has 1 N–H and O–H groups in total. The van der Waals surface area contributed by atoms with Gasteiger partial charge in [-0.25, -0.2) is 4.99 Å². The lowest BCUT2D eigenvalue weighted by atomic mass is 10.2. The second-order valence-corrected chi connectivity index (χ2v) is 9.32. The summed E-state index contributed by atoms with van der Waals surface area (Å²) in [4.78, 5) is 17.5. The molecule has 1 aliphatic rings. The van der Waals surface area contributed by atoms with Crippen molar-refractivity contribution >= 4 is 66.5 Å². The highest BCUT2D eigenvalue weighted by atomic mass is 79.9. The molecule has 0 spiro atoms. The number of hydrogen-bond acceptors (Lipinski definition) is 6. The van der Waals surface area contributed by atoms with Crippen LogP contribution in [0.3, 0.4) is 0 Å². The van der Waals surface area contributed by atoms with Gasteiger partial charge in [0.15, 0.2) is 16.7 Å². The van der Waals surface area contributed by atoms with E-state index in [0.29, 0.717) is 28.2 Å². The van der Waals surface area contributed by atoms with Crippen LogP contribution < -0.4 is 19.5 Å². The van der Waals surface area contributed by atoms with Gasteiger partial charge in [-0.05, 0) is 106 Å². The molecule has 164 valence electrons. The Morgan fingerprint density at radius 1 is 1.19 bits per heavy atom. The molecule has 2 aromatic carbocycles. The number of aliphatic imine (C=N–C) groups is 1. The fraction of sp³-hybridized carbons (Fsp3) is 0.273. The summed E-state index contributed by atoms with van der Waals surface area (Å²) in [6.07, 6.45) is 1.77. The van der Waals surface area contributed by atoms with E-state index in [4.69, 9.17) is 14.2 Å². The minimum atomic E-state index is -0.209. The molecular weight excluding hydrogens is 548 g/mol. The molecule has 0 radical (unpaired) electrons. The maximum absolute atomic E-state index is 12.5. The molecule has 1 fully saturated rings. The lowest BCUT2D eigenvalue weighted by Crippen LogP contribution is -2.19. The Hall–Kier alpha value is -1.97. The van der Waals surface area contributed by atoms with Crippen LogP contribution in [0.15, 0.2) is 49.2 Å². The van der Waals surface area contributed by atoms with Crippen LogP contribution in [0.2, 0.25) is 0 Å². The molecule has 3 rings (SSSR count). The van der Waals surface area contributed by atoms with E-state index in [2.05, 4.69) is 42.2 Å². The van der Waals surface area contributed by atoms with E-state index in [-0.39, 0.29) is 12.0 Å². The Kier molecular flexibility index (Phi) is 8.07. The highest BCUT2D eigenvalue weighted by molar-refractivity contribution is 9.13. The average molecular weight is 570 g/mol. The Morgan fingerprint density at radius 2 is 1.90 bits per heavy atom. The van der Waals surface area contributed by atoms with Crippen LogP contribution in [0.5, 0.6) is 17.2 Å². The zero-order valence-corrected chi connectivity index (χ0v) is 21.5. The van der Waals surface area contributed by atoms with Gasteiger partial charge < -0.3 is 19.5 Å². The minimum Gasteiger partial charge on any atom is -0.494 e. The van der Waals surface area contributed by atoms with Gasteiger partial charge >= 0.3 is 0 Å². The largest absolute Gasteiger partial charge is 0.494 e. The van der Waals surface area contributed by atoms with E-state index in [1.54, 1.807) is 13.2 Å². The number of amides is 1. The topological polar surface area (TPSA) is 69.2 Å². The molecule has 0 aromatic heterocycles. The number of thioether (sulfide) groups is 1. The molecule has 31 heavy (non-hydrogen) atoms. The van der Waals surface area contributed by atoms with Crippen LogP contribution in [0.4, 0.5) is 5.69 Å². The van der Waals surface area contributed by atoms with E-state index >= 15 is 0 Å². The smallest absolute Gasteiger partial charge is 0.264 e. The first kappa shape index (κ1) is 23.7. The van der Waals surface area contributed by atoms with Crippen LogP contribution >= 0.6 is 43.6 Å².